The minimum absolute atomic E-state index is 0.0347. The third kappa shape index (κ3) is 1.45. The first-order chi connectivity index (χ1) is 4.95. The van der Waals surface area contributed by atoms with Gasteiger partial charge in [0.2, 0.25) is 0 Å². The van der Waals surface area contributed by atoms with Crippen LogP contribution in [0.3, 0.4) is 0 Å². The van der Waals surface area contributed by atoms with E-state index in [1.54, 1.807) is 6.92 Å². The molecule has 0 spiro atoms. The van der Waals surface area contributed by atoms with Gasteiger partial charge in [0.15, 0.2) is 5.78 Å². The van der Waals surface area contributed by atoms with E-state index in [9.17, 15) is 9.90 Å². The van der Waals surface area contributed by atoms with Crippen LogP contribution in [0.1, 0.15) is 33.6 Å². The number of hydrogen-bond acceptors (Lipinski definition) is 2. The predicted octanol–water partition coefficient (Wildman–Crippen LogP) is 1.37. The van der Waals surface area contributed by atoms with Gasteiger partial charge in [-0.3, -0.25) is 4.79 Å². The number of aliphatic hydroxyl groups is 1. The number of carbonyl (C=O) groups excluding carboxylic acids is 1. The van der Waals surface area contributed by atoms with E-state index in [1.807, 2.05) is 13.8 Å². The van der Waals surface area contributed by atoms with Crippen molar-refractivity contribution in [3.8, 4) is 0 Å². The number of Topliss-reactive ketones (excluding diaryl/α,β-unsaturated/α-hetero) is 1. The molecule has 2 unspecified atom stereocenters. The average molecular weight is 156 g/mol. The Hall–Kier alpha value is -0.370. The highest BCUT2D eigenvalue weighted by molar-refractivity contribution is 5.90. The molecule has 2 heteroatoms. The normalized spacial score (nSPS) is 38.6. The zero-order chi connectivity index (χ0) is 8.65. The summed E-state index contributed by atoms with van der Waals surface area (Å²) < 4.78 is 0. The van der Waals surface area contributed by atoms with Gasteiger partial charge in [-0.05, 0) is 25.7 Å². The van der Waals surface area contributed by atoms with E-state index in [1.165, 1.54) is 0 Å². The van der Waals surface area contributed by atoms with Gasteiger partial charge < -0.3 is 5.11 Å². The molecule has 1 saturated carbocycles. The Labute approximate surface area is 67.6 Å². The average Bonchev–Trinajstić information content (AvgIpc) is 2.09. The molecule has 1 fully saturated rings. The summed E-state index contributed by atoms with van der Waals surface area (Å²) in [5, 5.41) is 9.53. The standard InChI is InChI=1S/C9H16O2/c1-6(2)7-4-5-9(3,11)8(7)10/h6-7,11H,4-5H2,1-3H3. The Kier molecular flexibility index (Phi) is 2.06. The molecule has 0 saturated heterocycles. The number of ketones is 1. The summed E-state index contributed by atoms with van der Waals surface area (Å²) in [4.78, 5) is 11.4. The molecular formula is C9H16O2. The van der Waals surface area contributed by atoms with E-state index >= 15 is 0 Å². The molecule has 0 heterocycles. The third-order valence-electron chi connectivity index (χ3n) is 2.61. The molecule has 2 nitrogen and oxygen atoms in total. The third-order valence-corrected chi connectivity index (χ3v) is 2.61. The van der Waals surface area contributed by atoms with Crippen LogP contribution in [-0.4, -0.2) is 16.5 Å². The zero-order valence-corrected chi connectivity index (χ0v) is 7.42. The quantitative estimate of drug-likeness (QED) is 0.622. The van der Waals surface area contributed by atoms with Crippen molar-refractivity contribution in [2.24, 2.45) is 11.8 Å². The van der Waals surface area contributed by atoms with Gasteiger partial charge in [0.05, 0.1) is 0 Å². The highest BCUT2D eigenvalue weighted by atomic mass is 16.3. The molecular weight excluding hydrogens is 140 g/mol. The fraction of sp³-hybridized carbons (Fsp3) is 0.889. The first-order valence-electron chi connectivity index (χ1n) is 4.22. The molecule has 0 aromatic heterocycles. The summed E-state index contributed by atoms with van der Waals surface area (Å²) in [5.74, 6) is 0.494. The summed E-state index contributed by atoms with van der Waals surface area (Å²) >= 11 is 0. The summed E-state index contributed by atoms with van der Waals surface area (Å²) in [6.45, 7) is 5.69. The second-order valence-electron chi connectivity index (χ2n) is 4.03. The molecule has 0 radical (unpaired) electrons. The number of rotatable bonds is 1. The first-order valence-corrected chi connectivity index (χ1v) is 4.22. The molecule has 11 heavy (non-hydrogen) atoms. The van der Waals surface area contributed by atoms with E-state index < -0.39 is 5.60 Å². The number of carbonyl (C=O) groups is 1. The van der Waals surface area contributed by atoms with E-state index in [0.29, 0.717) is 12.3 Å². The van der Waals surface area contributed by atoms with Gasteiger partial charge in [-0.25, -0.2) is 0 Å². The van der Waals surface area contributed by atoms with E-state index in [0.717, 1.165) is 6.42 Å². The lowest BCUT2D eigenvalue weighted by molar-refractivity contribution is -0.135. The summed E-state index contributed by atoms with van der Waals surface area (Å²) in [5.41, 5.74) is -1.03. The maximum atomic E-state index is 11.4. The minimum atomic E-state index is -1.03. The van der Waals surface area contributed by atoms with Crippen LogP contribution in [0.25, 0.3) is 0 Å². The fourth-order valence-electron chi connectivity index (χ4n) is 1.73. The molecule has 0 aliphatic heterocycles. The Morgan fingerprint density at radius 3 is 2.36 bits per heavy atom. The van der Waals surface area contributed by atoms with Gasteiger partial charge in [0.1, 0.15) is 5.60 Å². The van der Waals surface area contributed by atoms with Crippen LogP contribution < -0.4 is 0 Å². The van der Waals surface area contributed by atoms with Crippen molar-refractivity contribution in [3.05, 3.63) is 0 Å². The van der Waals surface area contributed by atoms with Crippen LogP contribution >= 0.6 is 0 Å². The zero-order valence-electron chi connectivity index (χ0n) is 7.42. The van der Waals surface area contributed by atoms with Crippen molar-refractivity contribution in [3.63, 3.8) is 0 Å². The fourth-order valence-corrected chi connectivity index (χ4v) is 1.73. The van der Waals surface area contributed by atoms with E-state index in [4.69, 9.17) is 0 Å². The SMILES string of the molecule is CC(C)C1CCC(C)(O)C1=O. The lowest BCUT2D eigenvalue weighted by Crippen LogP contribution is -2.33. The van der Waals surface area contributed by atoms with Gasteiger partial charge in [0, 0.05) is 5.92 Å². The van der Waals surface area contributed by atoms with Crippen LogP contribution in [0.15, 0.2) is 0 Å². The van der Waals surface area contributed by atoms with Crippen molar-refractivity contribution in [2.45, 2.75) is 39.2 Å². The van der Waals surface area contributed by atoms with Crippen LogP contribution in [0.5, 0.6) is 0 Å². The summed E-state index contributed by atoms with van der Waals surface area (Å²) in [6, 6.07) is 0. The van der Waals surface area contributed by atoms with Crippen LogP contribution in [0.2, 0.25) is 0 Å². The predicted molar refractivity (Wildman–Crippen MR) is 43.2 cm³/mol. The van der Waals surface area contributed by atoms with Crippen molar-refractivity contribution in [1.82, 2.24) is 0 Å². The Balaban J connectivity index is 2.71. The Morgan fingerprint density at radius 2 is 2.18 bits per heavy atom. The maximum absolute atomic E-state index is 11.4. The molecule has 1 aliphatic carbocycles. The second kappa shape index (κ2) is 2.59. The van der Waals surface area contributed by atoms with E-state index in [2.05, 4.69) is 0 Å². The molecule has 0 amide bonds. The summed E-state index contributed by atoms with van der Waals surface area (Å²) in [7, 11) is 0. The van der Waals surface area contributed by atoms with Gasteiger partial charge >= 0.3 is 0 Å². The van der Waals surface area contributed by atoms with Crippen LogP contribution in [-0.2, 0) is 4.79 Å². The topological polar surface area (TPSA) is 37.3 Å². The lowest BCUT2D eigenvalue weighted by Gasteiger charge is -2.16. The van der Waals surface area contributed by atoms with Crippen molar-refractivity contribution in [2.75, 3.05) is 0 Å². The van der Waals surface area contributed by atoms with Gasteiger partial charge in [0.25, 0.3) is 0 Å². The Bertz CT molecular complexity index is 170. The second-order valence-corrected chi connectivity index (χ2v) is 4.03. The highest BCUT2D eigenvalue weighted by Gasteiger charge is 2.43. The molecule has 0 aromatic rings. The number of hydrogen-bond donors (Lipinski definition) is 1. The highest BCUT2D eigenvalue weighted by Crippen LogP contribution is 2.34. The van der Waals surface area contributed by atoms with Crippen LogP contribution in [0.4, 0.5) is 0 Å². The molecule has 0 aromatic carbocycles. The van der Waals surface area contributed by atoms with Gasteiger partial charge in [-0.2, -0.15) is 0 Å². The van der Waals surface area contributed by atoms with E-state index in [-0.39, 0.29) is 11.7 Å². The van der Waals surface area contributed by atoms with Gasteiger partial charge in [-0.1, -0.05) is 13.8 Å². The molecule has 1 rings (SSSR count). The van der Waals surface area contributed by atoms with Crippen LogP contribution in [0, 0.1) is 11.8 Å². The maximum Gasteiger partial charge on any atom is 0.167 e. The minimum Gasteiger partial charge on any atom is -0.382 e. The largest absolute Gasteiger partial charge is 0.382 e. The molecule has 2 atom stereocenters. The smallest absolute Gasteiger partial charge is 0.167 e. The van der Waals surface area contributed by atoms with Crippen molar-refractivity contribution in [1.29, 1.82) is 0 Å². The lowest BCUT2D eigenvalue weighted by atomic mass is 9.91. The molecule has 1 N–H and O–H groups in total. The molecule has 64 valence electrons. The van der Waals surface area contributed by atoms with Crippen molar-refractivity contribution < 1.29 is 9.90 Å². The summed E-state index contributed by atoms with van der Waals surface area (Å²) in [6.07, 6.45) is 1.48. The Morgan fingerprint density at radius 1 is 1.64 bits per heavy atom. The molecule has 1 aliphatic rings. The first kappa shape index (κ1) is 8.72. The van der Waals surface area contributed by atoms with Gasteiger partial charge in [-0.15, -0.1) is 0 Å². The van der Waals surface area contributed by atoms with Crippen molar-refractivity contribution >= 4 is 5.78 Å². The monoisotopic (exact) mass is 156 g/mol. The molecule has 0 bridgehead atoms.